The molecule has 1 heterocycles. The SMILES string of the molecule is c1cc(C2CC2)ccc1CNCc1cc2c(s1)CCC2. The number of rotatable bonds is 5. The molecule has 2 heteroatoms. The molecule has 1 aromatic carbocycles. The molecule has 20 heavy (non-hydrogen) atoms. The van der Waals surface area contributed by atoms with Gasteiger partial charge in [0.15, 0.2) is 0 Å². The van der Waals surface area contributed by atoms with E-state index in [-0.39, 0.29) is 0 Å². The lowest BCUT2D eigenvalue weighted by Gasteiger charge is -2.05. The third kappa shape index (κ3) is 2.68. The molecule has 1 N–H and O–H groups in total. The average Bonchev–Trinajstić information content (AvgIpc) is 3.10. The van der Waals surface area contributed by atoms with E-state index in [1.165, 1.54) is 48.1 Å². The van der Waals surface area contributed by atoms with E-state index in [9.17, 15) is 0 Å². The Morgan fingerprint density at radius 1 is 1.05 bits per heavy atom. The molecule has 1 nitrogen and oxygen atoms in total. The molecule has 0 bridgehead atoms. The first-order chi connectivity index (χ1) is 9.88. The summed E-state index contributed by atoms with van der Waals surface area (Å²) in [5, 5.41) is 3.58. The van der Waals surface area contributed by atoms with Crippen molar-refractivity contribution in [2.24, 2.45) is 0 Å². The number of nitrogens with one attached hydrogen (secondary N) is 1. The largest absolute Gasteiger partial charge is 0.308 e. The Morgan fingerprint density at radius 2 is 1.90 bits per heavy atom. The van der Waals surface area contributed by atoms with Gasteiger partial charge in [-0.05, 0) is 60.8 Å². The van der Waals surface area contributed by atoms with Crippen LogP contribution >= 0.6 is 11.3 Å². The molecule has 0 radical (unpaired) electrons. The van der Waals surface area contributed by atoms with Gasteiger partial charge in [-0.3, -0.25) is 0 Å². The topological polar surface area (TPSA) is 12.0 Å². The summed E-state index contributed by atoms with van der Waals surface area (Å²) in [5.74, 6) is 0.866. The van der Waals surface area contributed by atoms with Crippen LogP contribution in [0.1, 0.15) is 51.6 Å². The first-order valence-electron chi connectivity index (χ1n) is 7.78. The summed E-state index contributed by atoms with van der Waals surface area (Å²) in [6.07, 6.45) is 6.75. The third-order valence-electron chi connectivity index (χ3n) is 4.45. The summed E-state index contributed by atoms with van der Waals surface area (Å²) in [4.78, 5) is 3.14. The molecule has 104 valence electrons. The predicted molar refractivity (Wildman–Crippen MR) is 85.3 cm³/mol. The molecule has 2 aromatic rings. The fraction of sp³-hybridized carbons (Fsp3) is 0.444. The van der Waals surface area contributed by atoms with E-state index < -0.39 is 0 Å². The van der Waals surface area contributed by atoms with Crippen molar-refractivity contribution in [3.63, 3.8) is 0 Å². The Labute approximate surface area is 125 Å². The van der Waals surface area contributed by atoms with Crippen LogP contribution in [-0.4, -0.2) is 0 Å². The van der Waals surface area contributed by atoms with Crippen molar-refractivity contribution in [1.29, 1.82) is 0 Å². The first kappa shape index (κ1) is 12.6. The second kappa shape index (κ2) is 5.34. The molecule has 0 amide bonds. The van der Waals surface area contributed by atoms with Crippen molar-refractivity contribution in [3.05, 3.63) is 56.8 Å². The maximum absolute atomic E-state index is 3.58. The van der Waals surface area contributed by atoms with Gasteiger partial charge in [0, 0.05) is 22.8 Å². The van der Waals surface area contributed by atoms with Crippen molar-refractivity contribution >= 4 is 11.3 Å². The van der Waals surface area contributed by atoms with Gasteiger partial charge >= 0.3 is 0 Å². The molecule has 2 aliphatic carbocycles. The van der Waals surface area contributed by atoms with Gasteiger partial charge in [-0.15, -0.1) is 11.3 Å². The molecule has 1 aromatic heterocycles. The molecule has 4 rings (SSSR count). The van der Waals surface area contributed by atoms with Crippen molar-refractivity contribution in [2.45, 2.75) is 51.1 Å². The smallest absolute Gasteiger partial charge is 0.0303 e. The van der Waals surface area contributed by atoms with Gasteiger partial charge < -0.3 is 5.32 Å². The van der Waals surface area contributed by atoms with E-state index in [1.807, 2.05) is 11.3 Å². The van der Waals surface area contributed by atoms with Crippen LogP contribution in [-0.2, 0) is 25.9 Å². The molecule has 0 saturated heterocycles. The van der Waals surface area contributed by atoms with Crippen molar-refractivity contribution < 1.29 is 0 Å². The summed E-state index contributed by atoms with van der Waals surface area (Å²) in [6, 6.07) is 11.6. The van der Waals surface area contributed by atoms with Gasteiger partial charge in [-0.2, -0.15) is 0 Å². The van der Waals surface area contributed by atoms with Crippen LogP contribution in [0.25, 0.3) is 0 Å². The second-order valence-corrected chi connectivity index (χ2v) is 7.36. The lowest BCUT2D eigenvalue weighted by atomic mass is 10.1. The molecule has 1 fully saturated rings. The van der Waals surface area contributed by atoms with Gasteiger partial charge in [0.1, 0.15) is 0 Å². The molecular weight excluding hydrogens is 262 g/mol. The Hall–Kier alpha value is -1.12. The average molecular weight is 283 g/mol. The standard InChI is InChI=1S/C18H21NS/c1-2-16-10-17(20-18(16)3-1)12-19-11-13-4-6-14(7-5-13)15-8-9-15/h4-7,10,15,19H,1-3,8-9,11-12H2. The van der Waals surface area contributed by atoms with E-state index >= 15 is 0 Å². The molecule has 0 atom stereocenters. The Morgan fingerprint density at radius 3 is 2.65 bits per heavy atom. The van der Waals surface area contributed by atoms with Crippen LogP contribution in [0.4, 0.5) is 0 Å². The van der Waals surface area contributed by atoms with Gasteiger partial charge in [-0.1, -0.05) is 24.3 Å². The Kier molecular flexibility index (Phi) is 3.37. The van der Waals surface area contributed by atoms with Crippen LogP contribution in [0.5, 0.6) is 0 Å². The van der Waals surface area contributed by atoms with Gasteiger partial charge in [0.2, 0.25) is 0 Å². The summed E-state index contributed by atoms with van der Waals surface area (Å²) in [7, 11) is 0. The Balaban J connectivity index is 1.31. The van der Waals surface area contributed by atoms with Crippen LogP contribution in [0.3, 0.4) is 0 Å². The second-order valence-electron chi connectivity index (χ2n) is 6.13. The summed E-state index contributed by atoms with van der Waals surface area (Å²) < 4.78 is 0. The van der Waals surface area contributed by atoms with Gasteiger partial charge in [0.05, 0.1) is 0 Å². The summed E-state index contributed by atoms with van der Waals surface area (Å²) in [6.45, 7) is 2.00. The third-order valence-corrected chi connectivity index (χ3v) is 5.69. The zero-order valence-corrected chi connectivity index (χ0v) is 12.6. The van der Waals surface area contributed by atoms with E-state index in [4.69, 9.17) is 0 Å². The highest BCUT2D eigenvalue weighted by molar-refractivity contribution is 7.12. The van der Waals surface area contributed by atoms with Crippen molar-refractivity contribution in [3.8, 4) is 0 Å². The zero-order chi connectivity index (χ0) is 13.4. The fourth-order valence-electron chi connectivity index (χ4n) is 3.13. The molecular formula is C18H21NS. The predicted octanol–water partition coefficient (Wildman–Crippen LogP) is 4.40. The summed E-state index contributed by atoms with van der Waals surface area (Å²) >= 11 is 2.01. The van der Waals surface area contributed by atoms with E-state index in [0.717, 1.165) is 19.0 Å². The zero-order valence-electron chi connectivity index (χ0n) is 11.8. The molecule has 0 spiro atoms. The normalized spacial score (nSPS) is 17.4. The number of benzene rings is 1. The van der Waals surface area contributed by atoms with Gasteiger partial charge in [0.25, 0.3) is 0 Å². The maximum atomic E-state index is 3.58. The Bertz CT molecular complexity index is 571. The molecule has 0 aliphatic heterocycles. The van der Waals surface area contributed by atoms with E-state index in [2.05, 4.69) is 35.6 Å². The maximum Gasteiger partial charge on any atom is 0.0303 e. The molecule has 1 saturated carbocycles. The molecule has 2 aliphatic rings. The first-order valence-corrected chi connectivity index (χ1v) is 8.60. The van der Waals surface area contributed by atoms with Crippen LogP contribution in [0.2, 0.25) is 0 Å². The van der Waals surface area contributed by atoms with Gasteiger partial charge in [-0.25, -0.2) is 0 Å². The minimum atomic E-state index is 0.866. The van der Waals surface area contributed by atoms with Crippen molar-refractivity contribution in [2.75, 3.05) is 0 Å². The highest BCUT2D eigenvalue weighted by atomic mass is 32.1. The number of hydrogen-bond donors (Lipinski definition) is 1. The van der Waals surface area contributed by atoms with E-state index in [1.54, 1.807) is 10.4 Å². The minimum absolute atomic E-state index is 0.866. The lowest BCUT2D eigenvalue weighted by molar-refractivity contribution is 0.700. The minimum Gasteiger partial charge on any atom is -0.308 e. The fourth-order valence-corrected chi connectivity index (χ4v) is 4.36. The van der Waals surface area contributed by atoms with Crippen LogP contribution in [0, 0.1) is 0 Å². The lowest BCUT2D eigenvalue weighted by Crippen LogP contribution is -2.11. The number of aryl methyl sites for hydroxylation is 2. The quantitative estimate of drug-likeness (QED) is 0.857. The van der Waals surface area contributed by atoms with Crippen molar-refractivity contribution in [1.82, 2.24) is 5.32 Å². The summed E-state index contributed by atoms with van der Waals surface area (Å²) in [5.41, 5.74) is 4.54. The highest BCUT2D eigenvalue weighted by Crippen LogP contribution is 2.39. The monoisotopic (exact) mass is 283 g/mol. The van der Waals surface area contributed by atoms with Crippen LogP contribution in [0.15, 0.2) is 30.3 Å². The highest BCUT2D eigenvalue weighted by Gasteiger charge is 2.22. The number of thiophene rings is 1. The van der Waals surface area contributed by atoms with Crippen LogP contribution < -0.4 is 5.32 Å². The molecule has 0 unspecified atom stereocenters. The number of fused-ring (bicyclic) bond motifs is 1. The van der Waals surface area contributed by atoms with E-state index in [0.29, 0.717) is 0 Å². The number of hydrogen-bond acceptors (Lipinski definition) is 2.